The zero-order chi connectivity index (χ0) is 16.1. The highest BCUT2D eigenvalue weighted by Gasteiger charge is 2.12. The van der Waals surface area contributed by atoms with Crippen LogP contribution < -0.4 is 10.9 Å². The van der Waals surface area contributed by atoms with E-state index in [0.717, 1.165) is 4.47 Å². The first-order valence-corrected chi connectivity index (χ1v) is 7.41. The molecule has 2 aromatic rings. The maximum absolute atomic E-state index is 13.4. The summed E-state index contributed by atoms with van der Waals surface area (Å²) in [5.41, 5.74) is 5.52. The molecule has 2 rings (SSSR count). The number of aromatic nitrogens is 1. The molecule has 0 bridgehead atoms. The van der Waals surface area contributed by atoms with E-state index in [-0.39, 0.29) is 24.6 Å². The second-order valence-corrected chi connectivity index (χ2v) is 5.66. The van der Waals surface area contributed by atoms with Crippen molar-refractivity contribution in [3.63, 3.8) is 0 Å². The van der Waals surface area contributed by atoms with Crippen molar-refractivity contribution in [3.05, 3.63) is 58.1 Å². The highest BCUT2D eigenvalue weighted by Crippen LogP contribution is 2.13. The minimum atomic E-state index is -0.424. The quantitative estimate of drug-likeness (QED) is 0.814. The fourth-order valence-electron chi connectivity index (χ4n) is 1.95. The van der Waals surface area contributed by atoms with Gasteiger partial charge in [-0.15, -0.1) is 0 Å². The summed E-state index contributed by atoms with van der Waals surface area (Å²) in [7, 11) is 1.72. The first kappa shape index (κ1) is 16.2. The molecule has 0 unspecified atom stereocenters. The molecule has 7 heteroatoms. The van der Waals surface area contributed by atoms with Crippen LogP contribution in [-0.4, -0.2) is 16.4 Å². The molecule has 2 N–H and O–H groups in total. The van der Waals surface area contributed by atoms with Gasteiger partial charge < -0.3 is 4.57 Å². The summed E-state index contributed by atoms with van der Waals surface area (Å²) in [6, 6.07) is 7.92. The van der Waals surface area contributed by atoms with Crippen LogP contribution >= 0.6 is 15.9 Å². The van der Waals surface area contributed by atoms with E-state index in [1.165, 1.54) is 6.07 Å². The molecule has 1 aromatic carbocycles. The summed E-state index contributed by atoms with van der Waals surface area (Å²) >= 11 is 3.27. The van der Waals surface area contributed by atoms with Crippen molar-refractivity contribution < 1.29 is 14.0 Å². The van der Waals surface area contributed by atoms with Crippen LogP contribution in [0.15, 0.2) is 41.0 Å². The van der Waals surface area contributed by atoms with E-state index in [1.54, 1.807) is 42.1 Å². The smallest absolute Gasteiger partial charge is 0.286 e. The largest absolute Gasteiger partial charge is 0.345 e. The Kier molecular flexibility index (Phi) is 5.32. The van der Waals surface area contributed by atoms with Crippen molar-refractivity contribution in [2.24, 2.45) is 7.05 Å². The third-order valence-corrected chi connectivity index (χ3v) is 3.53. The third kappa shape index (κ3) is 4.17. The minimum absolute atomic E-state index is 0.0814. The molecular formula is C15H15BrFN3O2. The Morgan fingerprint density at radius 2 is 2.00 bits per heavy atom. The van der Waals surface area contributed by atoms with Gasteiger partial charge in [0.25, 0.3) is 5.91 Å². The predicted octanol–water partition coefficient (Wildman–Crippen LogP) is 2.32. The van der Waals surface area contributed by atoms with Crippen LogP contribution in [0, 0.1) is 5.82 Å². The van der Waals surface area contributed by atoms with Gasteiger partial charge in [-0.1, -0.05) is 18.2 Å². The third-order valence-electron chi connectivity index (χ3n) is 3.10. The Morgan fingerprint density at radius 1 is 1.27 bits per heavy atom. The molecule has 22 heavy (non-hydrogen) atoms. The van der Waals surface area contributed by atoms with Gasteiger partial charge in [-0.3, -0.25) is 20.4 Å². The van der Waals surface area contributed by atoms with Crippen LogP contribution in [0.2, 0.25) is 0 Å². The molecule has 0 aliphatic heterocycles. The molecule has 1 aromatic heterocycles. The van der Waals surface area contributed by atoms with Crippen LogP contribution in [0.4, 0.5) is 4.39 Å². The van der Waals surface area contributed by atoms with Crippen molar-refractivity contribution in [2.45, 2.75) is 12.8 Å². The van der Waals surface area contributed by atoms with E-state index in [1.807, 2.05) is 0 Å². The number of aryl methyl sites for hydroxylation is 2. The number of hydrogen-bond acceptors (Lipinski definition) is 2. The number of carbonyl (C=O) groups excluding carboxylic acids is 2. The topological polar surface area (TPSA) is 63.1 Å². The fraction of sp³-hybridized carbons (Fsp3) is 0.200. The number of hydrazine groups is 1. The maximum atomic E-state index is 13.4. The number of carbonyl (C=O) groups is 2. The summed E-state index contributed by atoms with van der Waals surface area (Å²) in [6.45, 7) is 0. The number of benzene rings is 1. The van der Waals surface area contributed by atoms with Crippen LogP contribution in [0.3, 0.4) is 0 Å². The van der Waals surface area contributed by atoms with Crippen LogP contribution in [0.25, 0.3) is 0 Å². The summed E-state index contributed by atoms with van der Waals surface area (Å²) in [5, 5.41) is 0. The van der Waals surface area contributed by atoms with Crippen molar-refractivity contribution in [1.82, 2.24) is 15.4 Å². The van der Waals surface area contributed by atoms with Crippen LogP contribution in [-0.2, 0) is 18.3 Å². The van der Waals surface area contributed by atoms with Gasteiger partial charge in [0, 0.05) is 24.1 Å². The molecule has 0 aliphatic carbocycles. The lowest BCUT2D eigenvalue weighted by molar-refractivity contribution is -0.121. The van der Waals surface area contributed by atoms with E-state index in [2.05, 4.69) is 26.8 Å². The highest BCUT2D eigenvalue weighted by molar-refractivity contribution is 9.10. The molecule has 0 radical (unpaired) electrons. The van der Waals surface area contributed by atoms with Gasteiger partial charge in [0.2, 0.25) is 5.91 Å². The van der Waals surface area contributed by atoms with Crippen molar-refractivity contribution in [3.8, 4) is 0 Å². The first-order chi connectivity index (χ1) is 10.5. The van der Waals surface area contributed by atoms with Gasteiger partial charge in [0.1, 0.15) is 11.5 Å². The number of hydrogen-bond donors (Lipinski definition) is 2. The number of nitrogens with one attached hydrogen (secondary N) is 2. The molecule has 0 aliphatic rings. The number of nitrogens with zero attached hydrogens (tertiary/aromatic N) is 1. The molecule has 2 amide bonds. The van der Waals surface area contributed by atoms with E-state index in [0.29, 0.717) is 11.3 Å². The van der Waals surface area contributed by atoms with Crippen LogP contribution in [0.1, 0.15) is 22.5 Å². The van der Waals surface area contributed by atoms with Gasteiger partial charge in [0.05, 0.1) is 0 Å². The van der Waals surface area contributed by atoms with Crippen LogP contribution in [0.5, 0.6) is 0 Å². The Bertz CT molecular complexity index is 700. The molecule has 116 valence electrons. The van der Waals surface area contributed by atoms with Crippen molar-refractivity contribution >= 4 is 27.7 Å². The number of amides is 2. The molecule has 0 saturated carbocycles. The SMILES string of the molecule is Cn1cc(Br)cc1C(=O)NNC(=O)CCc1ccccc1F. The van der Waals surface area contributed by atoms with Gasteiger partial charge in [0.15, 0.2) is 0 Å². The molecule has 1 heterocycles. The molecule has 0 atom stereocenters. The van der Waals surface area contributed by atoms with E-state index < -0.39 is 5.91 Å². The van der Waals surface area contributed by atoms with E-state index in [4.69, 9.17) is 0 Å². The van der Waals surface area contributed by atoms with Crippen molar-refractivity contribution in [2.75, 3.05) is 0 Å². The molecule has 0 fully saturated rings. The Balaban J connectivity index is 1.82. The second kappa shape index (κ2) is 7.22. The van der Waals surface area contributed by atoms with Gasteiger partial charge in [-0.05, 0) is 40.0 Å². The number of rotatable bonds is 4. The zero-order valence-corrected chi connectivity index (χ0v) is 13.5. The number of halogens is 2. The average molecular weight is 368 g/mol. The Hall–Kier alpha value is -2.15. The Morgan fingerprint density at radius 3 is 2.64 bits per heavy atom. The average Bonchev–Trinajstić information content (AvgIpc) is 2.82. The highest BCUT2D eigenvalue weighted by atomic mass is 79.9. The molecular weight excluding hydrogens is 353 g/mol. The lowest BCUT2D eigenvalue weighted by Gasteiger charge is -2.08. The second-order valence-electron chi connectivity index (χ2n) is 4.75. The van der Waals surface area contributed by atoms with E-state index >= 15 is 0 Å². The fourth-order valence-corrected chi connectivity index (χ4v) is 2.48. The predicted molar refractivity (Wildman–Crippen MR) is 83.4 cm³/mol. The van der Waals surface area contributed by atoms with Crippen molar-refractivity contribution in [1.29, 1.82) is 0 Å². The molecule has 0 saturated heterocycles. The monoisotopic (exact) mass is 367 g/mol. The standard InChI is InChI=1S/C15H15BrFN3O2/c1-20-9-11(16)8-13(20)15(22)19-18-14(21)7-6-10-4-2-3-5-12(10)17/h2-5,8-9H,6-7H2,1H3,(H,18,21)(H,19,22). The van der Waals surface area contributed by atoms with Gasteiger partial charge in [-0.25, -0.2) is 4.39 Å². The summed E-state index contributed by atoms with van der Waals surface area (Å²) < 4.78 is 15.8. The maximum Gasteiger partial charge on any atom is 0.286 e. The molecule has 0 spiro atoms. The van der Waals surface area contributed by atoms with E-state index in [9.17, 15) is 14.0 Å². The summed E-state index contributed by atoms with van der Waals surface area (Å²) in [4.78, 5) is 23.6. The zero-order valence-electron chi connectivity index (χ0n) is 11.9. The lowest BCUT2D eigenvalue weighted by atomic mass is 10.1. The molecule has 5 nitrogen and oxygen atoms in total. The minimum Gasteiger partial charge on any atom is -0.345 e. The normalized spacial score (nSPS) is 10.3. The van der Waals surface area contributed by atoms with Gasteiger partial charge >= 0.3 is 0 Å². The van der Waals surface area contributed by atoms with Gasteiger partial charge in [-0.2, -0.15) is 0 Å². The first-order valence-electron chi connectivity index (χ1n) is 6.62. The summed E-state index contributed by atoms with van der Waals surface area (Å²) in [5.74, 6) is -1.15. The summed E-state index contributed by atoms with van der Waals surface area (Å²) in [6.07, 6.45) is 2.08. The Labute approximate surface area is 135 Å². The lowest BCUT2D eigenvalue weighted by Crippen LogP contribution is -2.42.